The number of nitrogens with zero attached hydrogens (tertiary/aromatic N) is 3. The first-order valence-corrected chi connectivity index (χ1v) is 6.97. The normalized spacial score (nSPS) is 10.7. The first-order chi connectivity index (χ1) is 9.86. The summed E-state index contributed by atoms with van der Waals surface area (Å²) in [5.74, 6) is -1.57. The number of aromatic nitrogens is 2. The topological polar surface area (TPSA) is 92.5 Å². The predicted octanol–water partition coefficient (Wildman–Crippen LogP) is 0.979. The van der Waals surface area contributed by atoms with Crippen LogP contribution >= 0.6 is 0 Å². The number of aliphatic carboxylic acids is 1. The molecule has 21 heavy (non-hydrogen) atoms. The van der Waals surface area contributed by atoms with E-state index >= 15 is 0 Å². The van der Waals surface area contributed by atoms with Gasteiger partial charge in [-0.05, 0) is 26.3 Å². The average molecular weight is 295 g/mol. The zero-order valence-corrected chi connectivity index (χ0v) is 12.6. The van der Waals surface area contributed by atoms with Crippen LogP contribution in [0.25, 0.3) is 0 Å². The Kier molecular flexibility index (Phi) is 6.08. The molecule has 0 spiro atoms. The van der Waals surface area contributed by atoms with E-state index in [2.05, 4.69) is 5.10 Å². The molecule has 0 atom stereocenters. The van der Waals surface area contributed by atoms with Crippen molar-refractivity contribution in [3.63, 3.8) is 0 Å². The van der Waals surface area contributed by atoms with E-state index in [9.17, 15) is 14.4 Å². The lowest BCUT2D eigenvalue weighted by Crippen LogP contribution is -2.41. The van der Waals surface area contributed by atoms with Crippen LogP contribution in [0.1, 0.15) is 44.1 Å². The summed E-state index contributed by atoms with van der Waals surface area (Å²) >= 11 is 0. The molecule has 0 radical (unpaired) electrons. The molecule has 0 unspecified atom stereocenters. The van der Waals surface area contributed by atoms with Gasteiger partial charge in [-0.25, -0.2) is 4.68 Å². The van der Waals surface area contributed by atoms with Crippen LogP contribution in [0.15, 0.2) is 16.9 Å². The summed E-state index contributed by atoms with van der Waals surface area (Å²) in [5, 5.41) is 12.9. The molecule has 0 fully saturated rings. The summed E-state index contributed by atoms with van der Waals surface area (Å²) in [6, 6.07) is 2.35. The summed E-state index contributed by atoms with van der Waals surface area (Å²) < 4.78 is 1.25. The number of aryl methyl sites for hydroxylation is 1. The Bertz CT molecular complexity index is 566. The largest absolute Gasteiger partial charge is 0.480 e. The van der Waals surface area contributed by atoms with Crippen LogP contribution in [0.5, 0.6) is 0 Å². The first kappa shape index (κ1) is 16.9. The number of carboxylic acid groups (broad SMARTS) is 1. The Labute approximate surface area is 123 Å². The summed E-state index contributed by atoms with van der Waals surface area (Å²) in [5.41, 5.74) is -0.185. The van der Waals surface area contributed by atoms with E-state index in [0.29, 0.717) is 6.54 Å². The highest BCUT2D eigenvalue weighted by molar-refractivity contribution is 5.94. The van der Waals surface area contributed by atoms with Gasteiger partial charge in [-0.3, -0.25) is 14.4 Å². The zero-order valence-electron chi connectivity index (χ0n) is 12.6. The van der Waals surface area contributed by atoms with Crippen LogP contribution < -0.4 is 5.56 Å². The number of hydrogen-bond acceptors (Lipinski definition) is 4. The molecule has 0 aliphatic rings. The summed E-state index contributed by atoms with van der Waals surface area (Å²) in [7, 11) is 0. The molecule has 116 valence electrons. The number of carboxylic acids is 1. The fourth-order valence-corrected chi connectivity index (χ4v) is 1.81. The lowest BCUT2D eigenvalue weighted by Gasteiger charge is -2.24. The van der Waals surface area contributed by atoms with Crippen LogP contribution in [0.3, 0.4) is 0 Å². The number of carbonyl (C=O) groups is 2. The van der Waals surface area contributed by atoms with E-state index in [1.54, 1.807) is 13.8 Å². The van der Waals surface area contributed by atoms with Gasteiger partial charge in [-0.15, -0.1) is 0 Å². The van der Waals surface area contributed by atoms with Crippen molar-refractivity contribution in [2.24, 2.45) is 0 Å². The predicted molar refractivity (Wildman–Crippen MR) is 77.2 cm³/mol. The first-order valence-electron chi connectivity index (χ1n) is 6.97. The van der Waals surface area contributed by atoms with Crippen LogP contribution in [0.4, 0.5) is 0 Å². The van der Waals surface area contributed by atoms with Gasteiger partial charge in [0.1, 0.15) is 12.2 Å². The van der Waals surface area contributed by atoms with E-state index in [0.717, 1.165) is 12.8 Å². The maximum absolute atomic E-state index is 12.3. The van der Waals surface area contributed by atoms with E-state index in [-0.39, 0.29) is 17.3 Å². The molecular formula is C14H21N3O4. The van der Waals surface area contributed by atoms with Gasteiger partial charge in [-0.2, -0.15) is 5.10 Å². The molecule has 0 bridgehead atoms. The molecule has 0 aliphatic heterocycles. The number of amides is 1. The molecule has 0 aliphatic carbocycles. The summed E-state index contributed by atoms with van der Waals surface area (Å²) in [6.07, 6.45) is 1.69. The number of rotatable bonds is 7. The maximum Gasteiger partial charge on any atom is 0.323 e. The number of hydrogen-bond donors (Lipinski definition) is 1. The highest BCUT2D eigenvalue weighted by Gasteiger charge is 2.23. The van der Waals surface area contributed by atoms with Crippen LogP contribution in [0.2, 0.25) is 0 Å². The minimum absolute atomic E-state index is 0.0839. The van der Waals surface area contributed by atoms with Crippen LogP contribution in [-0.4, -0.2) is 44.3 Å². The van der Waals surface area contributed by atoms with Gasteiger partial charge in [0.25, 0.3) is 11.5 Å². The highest BCUT2D eigenvalue weighted by atomic mass is 16.4. The lowest BCUT2D eigenvalue weighted by molar-refractivity contribution is -0.138. The van der Waals surface area contributed by atoms with Gasteiger partial charge in [0.2, 0.25) is 0 Å². The van der Waals surface area contributed by atoms with Gasteiger partial charge >= 0.3 is 5.97 Å². The standard InChI is InChI=1S/C14H21N3O4/c1-4-5-8-17-12(18)7-6-11(15-17)14(21)16(10(2)3)9-13(19)20/h6-7,10H,4-5,8-9H2,1-3H3,(H,19,20). The van der Waals surface area contributed by atoms with Crippen molar-refractivity contribution >= 4 is 11.9 Å². The molecule has 1 N–H and O–H groups in total. The second kappa shape index (κ2) is 7.56. The molecule has 0 saturated heterocycles. The number of unbranched alkanes of at least 4 members (excludes halogenated alkanes) is 1. The third-order valence-electron chi connectivity index (χ3n) is 3.00. The van der Waals surface area contributed by atoms with Gasteiger partial charge in [0.15, 0.2) is 0 Å². The molecule has 1 amide bonds. The Morgan fingerprint density at radius 1 is 1.38 bits per heavy atom. The lowest BCUT2D eigenvalue weighted by atomic mass is 10.2. The second-order valence-electron chi connectivity index (χ2n) is 5.05. The molecule has 1 aromatic rings. The molecular weight excluding hydrogens is 274 g/mol. The third-order valence-corrected chi connectivity index (χ3v) is 3.00. The molecule has 0 saturated carbocycles. The van der Waals surface area contributed by atoms with Crippen molar-refractivity contribution in [2.45, 2.75) is 46.2 Å². The molecule has 7 heteroatoms. The number of carbonyl (C=O) groups excluding carboxylic acids is 1. The third kappa shape index (κ3) is 4.70. The molecule has 7 nitrogen and oxygen atoms in total. The van der Waals surface area contributed by atoms with Gasteiger partial charge in [0.05, 0.1) is 0 Å². The van der Waals surface area contributed by atoms with Gasteiger partial charge < -0.3 is 10.0 Å². The van der Waals surface area contributed by atoms with Crippen molar-refractivity contribution < 1.29 is 14.7 Å². The SMILES string of the molecule is CCCCn1nc(C(=O)N(CC(=O)O)C(C)C)ccc1=O. The van der Waals surface area contributed by atoms with E-state index < -0.39 is 18.4 Å². The van der Waals surface area contributed by atoms with Gasteiger partial charge in [0, 0.05) is 18.7 Å². The summed E-state index contributed by atoms with van der Waals surface area (Å²) in [6.45, 7) is 5.50. The van der Waals surface area contributed by atoms with Crippen molar-refractivity contribution in [2.75, 3.05) is 6.54 Å². The monoisotopic (exact) mass is 295 g/mol. The molecule has 0 aromatic carbocycles. The average Bonchev–Trinajstić information content (AvgIpc) is 2.42. The summed E-state index contributed by atoms with van der Waals surface area (Å²) in [4.78, 5) is 36.1. The van der Waals surface area contributed by atoms with E-state index in [1.807, 2.05) is 6.92 Å². The molecule has 1 rings (SSSR count). The van der Waals surface area contributed by atoms with Crippen molar-refractivity contribution in [3.8, 4) is 0 Å². The van der Waals surface area contributed by atoms with Crippen LogP contribution in [0, 0.1) is 0 Å². The molecule has 1 aromatic heterocycles. The van der Waals surface area contributed by atoms with Crippen molar-refractivity contribution in [1.29, 1.82) is 0 Å². The van der Waals surface area contributed by atoms with Crippen molar-refractivity contribution in [1.82, 2.24) is 14.7 Å². The Morgan fingerprint density at radius 3 is 2.57 bits per heavy atom. The van der Waals surface area contributed by atoms with Crippen molar-refractivity contribution in [3.05, 3.63) is 28.2 Å². The Hall–Kier alpha value is -2.18. The zero-order chi connectivity index (χ0) is 16.0. The minimum atomic E-state index is -1.09. The quantitative estimate of drug-likeness (QED) is 0.809. The van der Waals surface area contributed by atoms with E-state index in [1.165, 1.54) is 21.7 Å². The van der Waals surface area contributed by atoms with Gasteiger partial charge in [-0.1, -0.05) is 13.3 Å². The fourth-order valence-electron chi connectivity index (χ4n) is 1.81. The highest BCUT2D eigenvalue weighted by Crippen LogP contribution is 2.05. The Morgan fingerprint density at radius 2 is 2.05 bits per heavy atom. The minimum Gasteiger partial charge on any atom is -0.480 e. The van der Waals surface area contributed by atoms with Crippen LogP contribution in [-0.2, 0) is 11.3 Å². The van der Waals surface area contributed by atoms with E-state index in [4.69, 9.17) is 5.11 Å². The Balaban J connectivity index is 3.04. The fraction of sp³-hybridized carbons (Fsp3) is 0.571. The smallest absolute Gasteiger partial charge is 0.323 e. The second-order valence-corrected chi connectivity index (χ2v) is 5.05. The molecule has 1 heterocycles. The maximum atomic E-state index is 12.3.